The first-order valence-electron chi connectivity index (χ1n) is 6.11. The second kappa shape index (κ2) is 5.65. The van der Waals surface area contributed by atoms with Gasteiger partial charge in [0.2, 0.25) is 0 Å². The maximum atomic E-state index is 13.9. The van der Waals surface area contributed by atoms with Crippen LogP contribution in [0.4, 0.5) is 4.39 Å². The predicted molar refractivity (Wildman–Crippen MR) is 83.7 cm³/mol. The first-order valence-corrected chi connectivity index (χ1v) is 8.13. The summed E-state index contributed by atoms with van der Waals surface area (Å²) < 4.78 is 19.8. The summed E-state index contributed by atoms with van der Waals surface area (Å²) in [7, 11) is 0. The average molecular weight is 368 g/mol. The molecule has 0 atom stereocenters. The normalized spacial score (nSPS) is 11.0. The lowest BCUT2D eigenvalue weighted by Crippen LogP contribution is -1.84. The molecule has 0 aliphatic heterocycles. The Morgan fingerprint density at radius 1 is 1.29 bits per heavy atom. The van der Waals surface area contributed by atoms with Crippen molar-refractivity contribution in [1.29, 1.82) is 0 Å². The monoisotopic (exact) mass is 367 g/mol. The van der Waals surface area contributed by atoms with Gasteiger partial charge in [-0.3, -0.25) is 0 Å². The van der Waals surface area contributed by atoms with Gasteiger partial charge in [0.1, 0.15) is 0 Å². The number of nitrogens with zero attached hydrogens (tertiary/aromatic N) is 2. The zero-order valence-corrected chi connectivity index (χ0v) is 13.7. The van der Waals surface area contributed by atoms with Crippen LogP contribution in [0.15, 0.2) is 38.3 Å². The Bertz CT molecular complexity index is 799. The van der Waals surface area contributed by atoms with Crippen molar-refractivity contribution in [2.24, 2.45) is 0 Å². The molecule has 7 heteroatoms. The fraction of sp³-hybridized carbons (Fsp3) is 0.143. The number of aryl methyl sites for hydroxylation is 1. The lowest BCUT2D eigenvalue weighted by molar-refractivity contribution is 0.425. The van der Waals surface area contributed by atoms with E-state index in [2.05, 4.69) is 31.1 Å². The SMILES string of the molecule is CSc1cc(-c2ccc(-c3nc(C)no3)c(Br)c2)c(F)[nH]1. The lowest BCUT2D eigenvalue weighted by atomic mass is 10.1. The molecule has 1 N–H and O–H groups in total. The third kappa shape index (κ3) is 2.75. The number of H-pyrrole nitrogens is 1. The third-order valence-electron chi connectivity index (χ3n) is 3.00. The van der Waals surface area contributed by atoms with Crippen molar-refractivity contribution in [1.82, 2.24) is 15.1 Å². The van der Waals surface area contributed by atoms with Gasteiger partial charge in [0, 0.05) is 10.0 Å². The Balaban J connectivity index is 2.03. The van der Waals surface area contributed by atoms with Gasteiger partial charge in [-0.25, -0.2) is 0 Å². The van der Waals surface area contributed by atoms with Crippen molar-refractivity contribution < 1.29 is 8.91 Å². The Labute approximate surface area is 133 Å². The number of aromatic nitrogens is 3. The van der Waals surface area contributed by atoms with Crippen LogP contribution in [0.5, 0.6) is 0 Å². The quantitative estimate of drug-likeness (QED) is 0.683. The standard InChI is InChI=1S/C14H11BrFN3OS/c1-7-17-14(20-19-7)9-4-3-8(5-11(9)15)10-6-12(21-2)18-13(10)16/h3-6,18H,1-2H3. The van der Waals surface area contributed by atoms with Crippen molar-refractivity contribution in [2.75, 3.05) is 6.26 Å². The Morgan fingerprint density at radius 2 is 2.10 bits per heavy atom. The summed E-state index contributed by atoms with van der Waals surface area (Å²) in [6.45, 7) is 1.76. The Hall–Kier alpha value is -1.60. The van der Waals surface area contributed by atoms with Crippen molar-refractivity contribution in [3.63, 3.8) is 0 Å². The molecule has 2 heterocycles. The van der Waals surface area contributed by atoms with Gasteiger partial charge in [-0.15, -0.1) is 11.8 Å². The number of aromatic amines is 1. The number of benzene rings is 1. The molecule has 0 aliphatic carbocycles. The van der Waals surface area contributed by atoms with E-state index in [4.69, 9.17) is 4.52 Å². The second-order valence-corrected chi connectivity index (χ2v) is 6.11. The van der Waals surface area contributed by atoms with Crippen molar-refractivity contribution in [2.45, 2.75) is 11.9 Å². The zero-order chi connectivity index (χ0) is 15.0. The molecule has 0 saturated carbocycles. The van der Waals surface area contributed by atoms with E-state index in [-0.39, 0.29) is 5.95 Å². The summed E-state index contributed by atoms with van der Waals surface area (Å²) in [4.78, 5) is 6.89. The van der Waals surface area contributed by atoms with Crippen LogP contribution >= 0.6 is 27.7 Å². The van der Waals surface area contributed by atoms with Crippen molar-refractivity contribution in [3.8, 4) is 22.6 Å². The number of rotatable bonds is 3. The Kier molecular flexibility index (Phi) is 3.86. The first-order chi connectivity index (χ1) is 10.1. The minimum atomic E-state index is -0.340. The molecule has 2 aromatic heterocycles. The fourth-order valence-corrected chi connectivity index (χ4v) is 2.96. The molecular weight excluding hydrogens is 357 g/mol. The molecule has 0 radical (unpaired) electrons. The van der Waals surface area contributed by atoms with Crippen LogP contribution in [-0.4, -0.2) is 21.4 Å². The molecule has 1 aromatic carbocycles. The van der Waals surface area contributed by atoms with Crippen molar-refractivity contribution >= 4 is 27.7 Å². The maximum absolute atomic E-state index is 13.9. The molecule has 0 aliphatic rings. The molecule has 3 aromatic rings. The van der Waals surface area contributed by atoms with E-state index >= 15 is 0 Å². The number of hydrogen-bond acceptors (Lipinski definition) is 4. The van der Waals surface area contributed by atoms with E-state index in [1.54, 1.807) is 13.0 Å². The number of nitrogens with one attached hydrogen (secondary N) is 1. The highest BCUT2D eigenvalue weighted by Crippen LogP contribution is 2.34. The average Bonchev–Trinajstić information content (AvgIpc) is 3.04. The van der Waals surface area contributed by atoms with Crippen LogP contribution in [0.3, 0.4) is 0 Å². The van der Waals surface area contributed by atoms with Gasteiger partial charge >= 0.3 is 0 Å². The van der Waals surface area contributed by atoms with Crippen LogP contribution in [0, 0.1) is 12.9 Å². The first kappa shape index (κ1) is 14.3. The Morgan fingerprint density at radius 3 is 2.67 bits per heavy atom. The smallest absolute Gasteiger partial charge is 0.259 e. The summed E-state index contributed by atoms with van der Waals surface area (Å²) in [5.74, 6) is 0.667. The molecule has 21 heavy (non-hydrogen) atoms. The summed E-state index contributed by atoms with van der Waals surface area (Å²) in [6, 6.07) is 7.29. The third-order valence-corrected chi connectivity index (χ3v) is 4.32. The molecular formula is C14H11BrFN3OS. The molecule has 3 rings (SSSR count). The van der Waals surface area contributed by atoms with Crippen molar-refractivity contribution in [3.05, 3.63) is 40.5 Å². The zero-order valence-electron chi connectivity index (χ0n) is 11.3. The highest BCUT2D eigenvalue weighted by molar-refractivity contribution is 9.10. The van der Waals surface area contributed by atoms with Gasteiger partial charge in [-0.05, 0) is 52.9 Å². The number of halogens is 2. The van der Waals surface area contributed by atoms with Gasteiger partial charge in [-0.1, -0.05) is 11.2 Å². The van der Waals surface area contributed by atoms with E-state index in [9.17, 15) is 4.39 Å². The van der Waals surface area contributed by atoms with Crippen LogP contribution in [0.1, 0.15) is 5.82 Å². The predicted octanol–water partition coefficient (Wildman–Crippen LogP) is 4.66. The largest absolute Gasteiger partial charge is 0.334 e. The van der Waals surface area contributed by atoms with Crippen LogP contribution in [-0.2, 0) is 0 Å². The van der Waals surface area contributed by atoms with E-state index in [1.165, 1.54) is 11.8 Å². The molecule has 0 spiro atoms. The minimum absolute atomic E-state index is 0.340. The highest BCUT2D eigenvalue weighted by Gasteiger charge is 2.14. The van der Waals surface area contributed by atoms with Gasteiger partial charge in [0.15, 0.2) is 11.8 Å². The molecule has 0 unspecified atom stereocenters. The van der Waals surface area contributed by atoms with Crippen LogP contribution < -0.4 is 0 Å². The molecule has 0 saturated heterocycles. The van der Waals surface area contributed by atoms with Crippen LogP contribution in [0.2, 0.25) is 0 Å². The van der Waals surface area contributed by atoms with E-state index < -0.39 is 0 Å². The van der Waals surface area contributed by atoms with Gasteiger partial charge in [0.25, 0.3) is 5.89 Å². The molecule has 0 amide bonds. The summed E-state index contributed by atoms with van der Waals surface area (Å²) >= 11 is 4.94. The lowest BCUT2D eigenvalue weighted by Gasteiger charge is -2.03. The fourth-order valence-electron chi connectivity index (χ4n) is 1.99. The van der Waals surface area contributed by atoms with Crippen LogP contribution in [0.25, 0.3) is 22.6 Å². The molecule has 0 fully saturated rings. The number of hydrogen-bond donors (Lipinski definition) is 1. The maximum Gasteiger partial charge on any atom is 0.259 e. The molecule has 108 valence electrons. The van der Waals surface area contributed by atoms with E-state index in [0.29, 0.717) is 17.3 Å². The number of thioether (sulfide) groups is 1. The van der Waals surface area contributed by atoms with Gasteiger partial charge < -0.3 is 9.51 Å². The second-order valence-electron chi connectivity index (χ2n) is 4.41. The van der Waals surface area contributed by atoms with E-state index in [0.717, 1.165) is 20.6 Å². The van der Waals surface area contributed by atoms with Gasteiger partial charge in [0.05, 0.1) is 10.6 Å². The molecule has 4 nitrogen and oxygen atoms in total. The minimum Gasteiger partial charge on any atom is -0.334 e. The highest BCUT2D eigenvalue weighted by atomic mass is 79.9. The molecule has 0 bridgehead atoms. The summed E-state index contributed by atoms with van der Waals surface area (Å²) in [5, 5.41) is 4.56. The summed E-state index contributed by atoms with van der Waals surface area (Å²) in [5.41, 5.74) is 2.09. The summed E-state index contributed by atoms with van der Waals surface area (Å²) in [6.07, 6.45) is 1.89. The van der Waals surface area contributed by atoms with E-state index in [1.807, 2.05) is 24.5 Å². The van der Waals surface area contributed by atoms with Gasteiger partial charge in [-0.2, -0.15) is 9.37 Å². The topological polar surface area (TPSA) is 54.7 Å².